The Kier molecular flexibility index (Phi) is 5.49. The molecule has 2 aromatic heterocycles. The number of methoxy groups -OCH3 is 2. The number of hydrazone groups is 1. The summed E-state index contributed by atoms with van der Waals surface area (Å²) in [6.07, 6.45) is 0. The molecule has 30 heavy (non-hydrogen) atoms. The van der Waals surface area contributed by atoms with Gasteiger partial charge < -0.3 is 9.47 Å². The second-order valence-electron chi connectivity index (χ2n) is 6.40. The molecule has 0 amide bonds. The summed E-state index contributed by atoms with van der Waals surface area (Å²) in [4.78, 5) is 0. The monoisotopic (exact) mass is 422 g/mol. The largest absolute Gasteiger partial charge is 0.493 e. The van der Waals surface area contributed by atoms with Crippen LogP contribution in [0.2, 0.25) is 5.02 Å². The van der Waals surface area contributed by atoms with Gasteiger partial charge in [-0.15, -0.1) is 15.3 Å². The van der Waals surface area contributed by atoms with Crippen molar-refractivity contribution in [2.45, 2.75) is 6.92 Å². The highest BCUT2D eigenvalue weighted by Crippen LogP contribution is 2.28. The van der Waals surface area contributed by atoms with Crippen LogP contribution in [0.15, 0.2) is 59.7 Å². The third-order valence-corrected chi connectivity index (χ3v) is 4.76. The third-order valence-electron chi connectivity index (χ3n) is 4.50. The minimum atomic E-state index is 0.553. The Labute approximate surface area is 178 Å². The number of halogens is 1. The lowest BCUT2D eigenvalue weighted by atomic mass is 10.1. The van der Waals surface area contributed by atoms with E-state index in [1.165, 1.54) is 0 Å². The highest BCUT2D eigenvalue weighted by atomic mass is 35.5. The Morgan fingerprint density at radius 3 is 2.47 bits per heavy atom. The van der Waals surface area contributed by atoms with Crippen LogP contribution < -0.4 is 14.9 Å². The van der Waals surface area contributed by atoms with Crippen molar-refractivity contribution >= 4 is 28.8 Å². The summed E-state index contributed by atoms with van der Waals surface area (Å²) in [5, 5.41) is 18.0. The van der Waals surface area contributed by atoms with Gasteiger partial charge in [0.1, 0.15) is 0 Å². The molecule has 0 spiro atoms. The second kappa shape index (κ2) is 8.38. The summed E-state index contributed by atoms with van der Waals surface area (Å²) < 4.78 is 12.3. The van der Waals surface area contributed by atoms with Crippen LogP contribution in [0.5, 0.6) is 11.5 Å². The Hall–Kier alpha value is -3.65. The zero-order valence-corrected chi connectivity index (χ0v) is 17.4. The summed E-state index contributed by atoms with van der Waals surface area (Å²) in [6, 6.07) is 16.6. The number of nitrogens with one attached hydrogen (secondary N) is 1. The molecule has 0 saturated carbocycles. The Morgan fingerprint density at radius 2 is 1.73 bits per heavy atom. The zero-order chi connectivity index (χ0) is 21.1. The smallest absolute Gasteiger partial charge is 0.185 e. The molecule has 0 radical (unpaired) electrons. The van der Waals surface area contributed by atoms with E-state index in [-0.39, 0.29) is 0 Å². The number of benzene rings is 2. The van der Waals surface area contributed by atoms with E-state index in [4.69, 9.17) is 21.1 Å². The average Bonchev–Trinajstić information content (AvgIpc) is 3.20. The first kappa shape index (κ1) is 19.7. The molecule has 9 heteroatoms. The lowest BCUT2D eigenvalue weighted by Gasteiger charge is -2.09. The molecule has 0 bridgehead atoms. The number of ether oxygens (including phenoxy) is 2. The van der Waals surface area contributed by atoms with Gasteiger partial charge in [-0.3, -0.25) is 5.43 Å². The molecule has 0 unspecified atom stereocenters. The van der Waals surface area contributed by atoms with Gasteiger partial charge in [0.05, 0.1) is 19.9 Å². The van der Waals surface area contributed by atoms with Crippen LogP contribution in [0.1, 0.15) is 12.5 Å². The predicted octanol–water partition coefficient (Wildman–Crippen LogP) is 4.30. The molecule has 4 rings (SSSR count). The maximum absolute atomic E-state index is 5.98. The molecule has 2 aromatic carbocycles. The van der Waals surface area contributed by atoms with Gasteiger partial charge in [-0.25, -0.2) is 0 Å². The van der Waals surface area contributed by atoms with Crippen LogP contribution in [-0.4, -0.2) is 39.7 Å². The maximum Gasteiger partial charge on any atom is 0.185 e. The molecule has 0 aliphatic heterocycles. The van der Waals surface area contributed by atoms with Crippen molar-refractivity contribution in [3.63, 3.8) is 0 Å². The van der Waals surface area contributed by atoms with Crippen molar-refractivity contribution in [2.24, 2.45) is 5.10 Å². The van der Waals surface area contributed by atoms with Crippen molar-refractivity contribution in [3.05, 3.63) is 65.2 Å². The standard InChI is InChI=1S/C21H19ClN6O2/c1-13(15-6-9-17(29-2)18(12-15)30-3)23-24-19-10-11-20-25-26-21(28(20)27-19)14-4-7-16(22)8-5-14/h4-12H,1-3H3,(H,24,27)/b23-13-. The molecule has 0 atom stereocenters. The molecular formula is C21H19ClN6O2. The number of hydrogen-bond donors (Lipinski definition) is 1. The second-order valence-corrected chi connectivity index (χ2v) is 6.83. The summed E-state index contributed by atoms with van der Waals surface area (Å²) in [7, 11) is 3.20. The fourth-order valence-electron chi connectivity index (χ4n) is 2.89. The fourth-order valence-corrected chi connectivity index (χ4v) is 3.02. The van der Waals surface area contributed by atoms with Crippen LogP contribution in [0.25, 0.3) is 17.0 Å². The highest BCUT2D eigenvalue weighted by molar-refractivity contribution is 6.30. The van der Waals surface area contributed by atoms with E-state index in [0.717, 1.165) is 16.8 Å². The van der Waals surface area contributed by atoms with Crippen molar-refractivity contribution < 1.29 is 9.47 Å². The van der Waals surface area contributed by atoms with Gasteiger partial charge in [0.15, 0.2) is 28.8 Å². The molecule has 0 aliphatic rings. The Morgan fingerprint density at radius 1 is 0.967 bits per heavy atom. The molecule has 4 aromatic rings. The van der Waals surface area contributed by atoms with Gasteiger partial charge in [0, 0.05) is 16.1 Å². The number of rotatable bonds is 6. The van der Waals surface area contributed by atoms with E-state index in [0.29, 0.717) is 33.8 Å². The van der Waals surface area contributed by atoms with E-state index in [9.17, 15) is 0 Å². The Balaban J connectivity index is 1.61. The summed E-state index contributed by atoms with van der Waals surface area (Å²) in [5.41, 5.74) is 6.14. The number of hydrogen-bond acceptors (Lipinski definition) is 7. The van der Waals surface area contributed by atoms with Gasteiger partial charge in [0.2, 0.25) is 0 Å². The van der Waals surface area contributed by atoms with Crippen molar-refractivity contribution in [3.8, 4) is 22.9 Å². The molecule has 8 nitrogen and oxygen atoms in total. The zero-order valence-electron chi connectivity index (χ0n) is 16.6. The van der Waals surface area contributed by atoms with E-state index in [1.807, 2.05) is 43.3 Å². The third kappa shape index (κ3) is 3.90. The Bertz CT molecular complexity index is 1220. The van der Waals surface area contributed by atoms with Gasteiger partial charge >= 0.3 is 0 Å². The average molecular weight is 423 g/mol. The van der Waals surface area contributed by atoms with E-state index >= 15 is 0 Å². The van der Waals surface area contributed by atoms with Crippen LogP contribution in [0, 0.1) is 0 Å². The quantitative estimate of drug-likeness (QED) is 0.368. The SMILES string of the molecule is COc1ccc(/C(C)=N\Nc2ccc3nnc(-c4ccc(Cl)cc4)n3n2)cc1OC. The lowest BCUT2D eigenvalue weighted by Crippen LogP contribution is -2.04. The van der Waals surface area contributed by atoms with Gasteiger partial charge in [-0.1, -0.05) is 11.6 Å². The fraction of sp³-hybridized carbons (Fsp3) is 0.143. The molecule has 152 valence electrons. The maximum atomic E-state index is 5.98. The number of anilines is 1. The highest BCUT2D eigenvalue weighted by Gasteiger charge is 2.10. The molecular weight excluding hydrogens is 404 g/mol. The molecule has 2 heterocycles. The van der Waals surface area contributed by atoms with Crippen LogP contribution in [0.4, 0.5) is 5.82 Å². The van der Waals surface area contributed by atoms with Gasteiger partial charge in [-0.05, 0) is 61.5 Å². The van der Waals surface area contributed by atoms with Crippen molar-refractivity contribution in [1.82, 2.24) is 19.8 Å². The number of aromatic nitrogens is 4. The van der Waals surface area contributed by atoms with Crippen molar-refractivity contribution in [1.29, 1.82) is 0 Å². The van der Waals surface area contributed by atoms with E-state index in [2.05, 4.69) is 25.8 Å². The van der Waals surface area contributed by atoms with Crippen LogP contribution in [-0.2, 0) is 0 Å². The van der Waals surface area contributed by atoms with Crippen LogP contribution >= 0.6 is 11.6 Å². The summed E-state index contributed by atoms with van der Waals surface area (Å²) in [5.74, 6) is 2.47. The first-order valence-corrected chi connectivity index (χ1v) is 9.48. The molecule has 0 fully saturated rings. The van der Waals surface area contributed by atoms with Crippen LogP contribution in [0.3, 0.4) is 0 Å². The molecule has 0 aliphatic carbocycles. The van der Waals surface area contributed by atoms with Gasteiger partial charge in [-0.2, -0.15) is 9.62 Å². The molecule has 0 saturated heterocycles. The summed E-state index contributed by atoms with van der Waals surface area (Å²) in [6.45, 7) is 1.89. The first-order valence-electron chi connectivity index (χ1n) is 9.10. The molecule has 1 N–H and O–H groups in total. The summed E-state index contributed by atoms with van der Waals surface area (Å²) >= 11 is 5.98. The van der Waals surface area contributed by atoms with Gasteiger partial charge in [0.25, 0.3) is 0 Å². The minimum absolute atomic E-state index is 0.553. The first-order chi connectivity index (χ1) is 14.6. The minimum Gasteiger partial charge on any atom is -0.493 e. The number of nitrogens with zero attached hydrogens (tertiary/aromatic N) is 5. The van der Waals surface area contributed by atoms with E-state index < -0.39 is 0 Å². The topological polar surface area (TPSA) is 85.9 Å². The van der Waals surface area contributed by atoms with E-state index in [1.54, 1.807) is 36.9 Å². The number of fused-ring (bicyclic) bond motifs is 1. The lowest BCUT2D eigenvalue weighted by molar-refractivity contribution is 0.355. The predicted molar refractivity (Wildman–Crippen MR) is 117 cm³/mol. The van der Waals surface area contributed by atoms with Crippen molar-refractivity contribution in [2.75, 3.05) is 19.6 Å². The normalized spacial score (nSPS) is 11.5.